The maximum Gasteiger partial charge on any atom is 0.173 e. The largest absolute Gasteiger partial charge is 0.348 e. The fourth-order valence-corrected chi connectivity index (χ4v) is 2.79. The van der Waals surface area contributed by atoms with Crippen LogP contribution < -0.4 is 5.32 Å². The van der Waals surface area contributed by atoms with E-state index in [1.165, 1.54) is 5.56 Å². The molecular formula is C15H18Cl2N4S. The van der Waals surface area contributed by atoms with Crippen molar-refractivity contribution in [3.05, 3.63) is 45.2 Å². The van der Waals surface area contributed by atoms with Crippen LogP contribution in [0.2, 0.25) is 10.0 Å². The molecule has 118 valence electrons. The number of aromatic nitrogens is 2. The molecule has 0 radical (unpaired) electrons. The third-order valence-electron chi connectivity index (χ3n) is 3.57. The molecule has 0 saturated carbocycles. The van der Waals surface area contributed by atoms with E-state index < -0.39 is 0 Å². The highest BCUT2D eigenvalue weighted by molar-refractivity contribution is 7.80. The topological polar surface area (TPSA) is 33.1 Å². The molecule has 2 rings (SSSR count). The minimum atomic E-state index is 0.539. The molecule has 1 aromatic carbocycles. The van der Waals surface area contributed by atoms with E-state index in [1.807, 2.05) is 36.7 Å². The normalized spacial score (nSPS) is 10.6. The van der Waals surface area contributed by atoms with Crippen molar-refractivity contribution >= 4 is 46.2 Å². The quantitative estimate of drug-likeness (QED) is 0.836. The number of hydrogen-bond acceptors (Lipinski definition) is 2. The van der Waals surface area contributed by atoms with Crippen molar-refractivity contribution in [1.82, 2.24) is 14.7 Å². The van der Waals surface area contributed by atoms with E-state index >= 15 is 0 Å². The molecule has 0 aliphatic carbocycles. The molecule has 0 unspecified atom stereocenters. The van der Waals surface area contributed by atoms with Crippen LogP contribution in [0.3, 0.4) is 0 Å². The fraction of sp³-hybridized carbons (Fsp3) is 0.333. The van der Waals surface area contributed by atoms with Gasteiger partial charge in [-0.1, -0.05) is 23.2 Å². The van der Waals surface area contributed by atoms with E-state index in [9.17, 15) is 0 Å². The molecule has 7 heteroatoms. The average molecular weight is 357 g/mol. The molecule has 0 atom stereocenters. The number of hydrogen-bond donors (Lipinski definition) is 1. The average Bonchev–Trinajstić information content (AvgIpc) is 2.68. The number of anilines is 1. The predicted molar refractivity (Wildman–Crippen MR) is 96.8 cm³/mol. The van der Waals surface area contributed by atoms with Gasteiger partial charge in [0.1, 0.15) is 0 Å². The van der Waals surface area contributed by atoms with Gasteiger partial charge in [-0.25, -0.2) is 0 Å². The molecule has 0 saturated heterocycles. The summed E-state index contributed by atoms with van der Waals surface area (Å²) in [5.74, 6) is 0. The first-order valence-corrected chi connectivity index (χ1v) is 7.92. The number of aryl methyl sites for hydroxylation is 2. The molecule has 2 aromatic rings. The van der Waals surface area contributed by atoms with Gasteiger partial charge in [0.15, 0.2) is 5.11 Å². The first kappa shape index (κ1) is 17.1. The van der Waals surface area contributed by atoms with Gasteiger partial charge in [0.2, 0.25) is 0 Å². The van der Waals surface area contributed by atoms with Gasteiger partial charge in [-0.15, -0.1) is 0 Å². The Hall–Kier alpha value is -1.30. The van der Waals surface area contributed by atoms with Gasteiger partial charge >= 0.3 is 0 Å². The van der Waals surface area contributed by atoms with E-state index in [1.54, 1.807) is 12.1 Å². The van der Waals surface area contributed by atoms with Gasteiger partial charge in [-0.2, -0.15) is 5.10 Å². The third kappa shape index (κ3) is 3.72. The van der Waals surface area contributed by atoms with E-state index in [0.29, 0.717) is 21.7 Å². The number of nitrogens with one attached hydrogen (secondary N) is 1. The molecular weight excluding hydrogens is 339 g/mol. The Morgan fingerprint density at radius 3 is 2.59 bits per heavy atom. The first-order valence-electron chi connectivity index (χ1n) is 6.76. The highest BCUT2D eigenvalue weighted by Gasteiger charge is 2.14. The zero-order chi connectivity index (χ0) is 16.4. The lowest BCUT2D eigenvalue weighted by molar-refractivity contribution is 0.505. The van der Waals surface area contributed by atoms with Crippen molar-refractivity contribution in [3.8, 4) is 0 Å². The van der Waals surface area contributed by atoms with Crippen molar-refractivity contribution in [1.29, 1.82) is 0 Å². The summed E-state index contributed by atoms with van der Waals surface area (Å²) >= 11 is 17.5. The Bertz CT molecular complexity index is 712. The summed E-state index contributed by atoms with van der Waals surface area (Å²) in [6.45, 7) is 4.74. The summed E-state index contributed by atoms with van der Waals surface area (Å²) in [5, 5.41) is 9.29. The Morgan fingerprint density at radius 2 is 2.05 bits per heavy atom. The monoisotopic (exact) mass is 356 g/mol. The van der Waals surface area contributed by atoms with Crippen molar-refractivity contribution in [2.75, 3.05) is 12.4 Å². The molecule has 0 aliphatic heterocycles. The van der Waals surface area contributed by atoms with Gasteiger partial charge in [0, 0.05) is 36.9 Å². The highest BCUT2D eigenvalue weighted by Crippen LogP contribution is 2.25. The smallest absolute Gasteiger partial charge is 0.173 e. The number of benzene rings is 1. The van der Waals surface area contributed by atoms with Gasteiger partial charge in [0.05, 0.1) is 16.4 Å². The molecule has 22 heavy (non-hydrogen) atoms. The van der Waals surface area contributed by atoms with Crippen LogP contribution in [0.5, 0.6) is 0 Å². The van der Waals surface area contributed by atoms with Crippen LogP contribution in [-0.2, 0) is 13.6 Å². The van der Waals surface area contributed by atoms with Gasteiger partial charge in [0.25, 0.3) is 0 Å². The third-order valence-corrected chi connectivity index (χ3v) is 4.54. The van der Waals surface area contributed by atoms with Crippen LogP contribution >= 0.6 is 35.4 Å². The molecule has 1 aromatic heterocycles. The molecule has 0 aliphatic rings. The predicted octanol–water partition coefficient (Wildman–Crippen LogP) is 4.17. The summed E-state index contributed by atoms with van der Waals surface area (Å²) in [5.41, 5.74) is 4.06. The van der Waals surface area contributed by atoms with Gasteiger partial charge in [-0.3, -0.25) is 4.68 Å². The van der Waals surface area contributed by atoms with Crippen LogP contribution in [-0.4, -0.2) is 26.8 Å². The van der Waals surface area contributed by atoms with Crippen LogP contribution in [0.25, 0.3) is 0 Å². The number of nitrogens with zero attached hydrogens (tertiary/aromatic N) is 3. The zero-order valence-corrected chi connectivity index (χ0v) is 15.3. The van der Waals surface area contributed by atoms with Crippen LogP contribution in [0.1, 0.15) is 17.0 Å². The lowest BCUT2D eigenvalue weighted by atomic mass is 10.2. The van der Waals surface area contributed by atoms with E-state index in [-0.39, 0.29) is 0 Å². The molecule has 1 N–H and O–H groups in total. The van der Waals surface area contributed by atoms with E-state index in [0.717, 1.165) is 17.1 Å². The first-order chi connectivity index (χ1) is 10.3. The summed E-state index contributed by atoms with van der Waals surface area (Å²) < 4.78 is 1.88. The maximum atomic E-state index is 6.15. The molecule has 0 amide bonds. The standard InChI is InChI=1S/C15H18Cl2N4S/c1-9-12(10(2)21(4)19-9)8-20(3)15(22)18-14-6-5-11(16)7-13(14)17/h5-7H,8H2,1-4H3,(H,18,22). The maximum absolute atomic E-state index is 6.15. The second kappa shape index (κ2) is 6.86. The highest BCUT2D eigenvalue weighted by atomic mass is 35.5. The molecule has 4 nitrogen and oxygen atoms in total. The Morgan fingerprint density at radius 1 is 1.36 bits per heavy atom. The number of rotatable bonds is 3. The molecule has 1 heterocycles. The molecule has 0 fully saturated rings. The SMILES string of the molecule is Cc1nn(C)c(C)c1CN(C)C(=S)Nc1ccc(Cl)cc1Cl. The molecule has 0 bridgehead atoms. The van der Waals surface area contributed by atoms with E-state index in [4.69, 9.17) is 35.4 Å². The Labute approximate surface area is 146 Å². The minimum Gasteiger partial charge on any atom is -0.348 e. The Kier molecular flexibility index (Phi) is 5.32. The van der Waals surface area contributed by atoms with Crippen LogP contribution in [0, 0.1) is 13.8 Å². The summed E-state index contributed by atoms with van der Waals surface area (Å²) in [4.78, 5) is 1.96. The van der Waals surface area contributed by atoms with Crippen LogP contribution in [0.4, 0.5) is 5.69 Å². The van der Waals surface area contributed by atoms with Crippen molar-refractivity contribution in [2.24, 2.45) is 7.05 Å². The second-order valence-corrected chi connectivity index (χ2v) is 6.41. The molecule has 0 spiro atoms. The lowest BCUT2D eigenvalue weighted by Crippen LogP contribution is -2.31. The second-order valence-electron chi connectivity index (χ2n) is 5.18. The van der Waals surface area contributed by atoms with E-state index in [2.05, 4.69) is 17.3 Å². The number of thiocarbonyl (C=S) groups is 1. The van der Waals surface area contributed by atoms with Crippen LogP contribution in [0.15, 0.2) is 18.2 Å². The Balaban J connectivity index is 2.09. The summed E-state index contributed by atoms with van der Waals surface area (Å²) in [7, 11) is 3.88. The summed E-state index contributed by atoms with van der Waals surface area (Å²) in [6.07, 6.45) is 0. The number of halogens is 2. The minimum absolute atomic E-state index is 0.539. The summed E-state index contributed by atoms with van der Waals surface area (Å²) in [6, 6.07) is 5.27. The fourth-order valence-electron chi connectivity index (χ4n) is 2.16. The van der Waals surface area contributed by atoms with Crippen molar-refractivity contribution < 1.29 is 0 Å². The van der Waals surface area contributed by atoms with Gasteiger partial charge < -0.3 is 10.2 Å². The van der Waals surface area contributed by atoms with Crippen molar-refractivity contribution in [3.63, 3.8) is 0 Å². The van der Waals surface area contributed by atoms with Gasteiger partial charge in [-0.05, 0) is 44.3 Å². The van der Waals surface area contributed by atoms with Crippen molar-refractivity contribution in [2.45, 2.75) is 20.4 Å². The zero-order valence-electron chi connectivity index (χ0n) is 12.9. The lowest BCUT2D eigenvalue weighted by Gasteiger charge is -2.22.